The Morgan fingerprint density at radius 2 is 1.36 bits per heavy atom. The average Bonchev–Trinajstić information content (AvgIpc) is 2.60. The Morgan fingerprint density at radius 3 is 1.93 bits per heavy atom. The van der Waals surface area contributed by atoms with Gasteiger partial charge in [0.2, 0.25) is 0 Å². The molecule has 0 aliphatic carbocycles. The van der Waals surface area contributed by atoms with Gasteiger partial charge in [0.1, 0.15) is 5.60 Å². The van der Waals surface area contributed by atoms with E-state index in [9.17, 15) is 9.59 Å². The zero-order chi connectivity index (χ0) is 21.1. The molecule has 0 atom stereocenters. The van der Waals surface area contributed by atoms with Crippen LogP contribution in [0, 0.1) is 0 Å². The van der Waals surface area contributed by atoms with E-state index < -0.39 is 5.60 Å². The molecule has 0 spiro atoms. The molecule has 1 amide bonds. The van der Waals surface area contributed by atoms with Crippen molar-refractivity contribution in [1.82, 2.24) is 5.32 Å². The van der Waals surface area contributed by atoms with Gasteiger partial charge in [-0.2, -0.15) is 0 Å². The van der Waals surface area contributed by atoms with Crippen LogP contribution in [-0.2, 0) is 14.3 Å². The first-order chi connectivity index (χ1) is 13.3. The predicted molar refractivity (Wildman–Crippen MR) is 115 cm³/mol. The molecule has 0 fully saturated rings. The molecule has 164 valence electrons. The Morgan fingerprint density at radius 1 is 0.821 bits per heavy atom. The van der Waals surface area contributed by atoms with Crippen molar-refractivity contribution in [1.29, 1.82) is 0 Å². The number of rotatable bonds is 16. The Kier molecular flexibility index (Phi) is 16.6. The van der Waals surface area contributed by atoms with Crippen LogP contribution in [0.5, 0.6) is 0 Å². The minimum atomic E-state index is -0.429. The first-order valence-electron chi connectivity index (χ1n) is 11.1. The number of unbranched alkanes of at least 4 members (excludes halogenated alkanes) is 9. The smallest absolute Gasteiger partial charge is 0.407 e. The molecule has 0 rings (SSSR count). The van der Waals surface area contributed by atoms with Crippen molar-refractivity contribution < 1.29 is 19.1 Å². The summed E-state index contributed by atoms with van der Waals surface area (Å²) in [7, 11) is 0. The summed E-state index contributed by atoms with van der Waals surface area (Å²) in [5.74, 6) is -0.0679. The second kappa shape index (κ2) is 17.6. The Bertz CT molecular complexity index is 427. The summed E-state index contributed by atoms with van der Waals surface area (Å²) in [4.78, 5) is 22.7. The average molecular weight is 398 g/mol. The molecule has 0 aromatic rings. The van der Waals surface area contributed by atoms with Crippen LogP contribution in [0.4, 0.5) is 4.79 Å². The monoisotopic (exact) mass is 397 g/mol. The molecule has 0 saturated carbocycles. The number of ether oxygens (including phenoxy) is 2. The maximum absolute atomic E-state index is 11.5. The highest BCUT2D eigenvalue weighted by Gasteiger charge is 2.15. The van der Waals surface area contributed by atoms with Crippen molar-refractivity contribution in [2.45, 2.75) is 110 Å². The Hall–Kier alpha value is -1.52. The lowest BCUT2D eigenvalue weighted by Gasteiger charge is -2.19. The van der Waals surface area contributed by atoms with Crippen LogP contribution < -0.4 is 5.32 Å². The lowest BCUT2D eigenvalue weighted by atomic mass is 10.1. The van der Waals surface area contributed by atoms with Crippen LogP contribution in [0.2, 0.25) is 0 Å². The van der Waals surface area contributed by atoms with Crippen molar-refractivity contribution in [3.05, 3.63) is 12.2 Å². The number of carbonyl (C=O) groups excluding carboxylic acids is 2. The van der Waals surface area contributed by atoms with E-state index >= 15 is 0 Å². The zero-order valence-electron chi connectivity index (χ0n) is 18.7. The van der Waals surface area contributed by atoms with Crippen LogP contribution in [0.3, 0.4) is 0 Å². The van der Waals surface area contributed by atoms with Crippen LogP contribution >= 0.6 is 0 Å². The molecule has 0 aliphatic rings. The van der Waals surface area contributed by atoms with E-state index in [1.54, 1.807) is 0 Å². The maximum Gasteiger partial charge on any atom is 0.407 e. The predicted octanol–water partition coefficient (Wildman–Crippen LogP) is 6.31. The van der Waals surface area contributed by atoms with Gasteiger partial charge in [-0.05, 0) is 66.2 Å². The summed E-state index contributed by atoms with van der Waals surface area (Å²) >= 11 is 0. The third-order valence-corrected chi connectivity index (χ3v) is 4.19. The highest BCUT2D eigenvalue weighted by molar-refractivity contribution is 5.69. The fourth-order valence-electron chi connectivity index (χ4n) is 2.78. The molecule has 5 heteroatoms. The third kappa shape index (κ3) is 20.8. The summed E-state index contributed by atoms with van der Waals surface area (Å²) < 4.78 is 10.1. The molecular weight excluding hydrogens is 354 g/mol. The molecule has 0 saturated heterocycles. The summed E-state index contributed by atoms with van der Waals surface area (Å²) in [6, 6.07) is 0. The standard InChI is InChI=1S/C23H43NO4/c1-5-27-21(25)19-17-15-13-11-9-7-6-8-10-12-14-16-18-20-24-22(26)28-23(2,3)4/h6-7H,5,8-20H2,1-4H3,(H,24,26). The number of nitrogens with one attached hydrogen (secondary N) is 1. The van der Waals surface area contributed by atoms with E-state index in [4.69, 9.17) is 9.47 Å². The number of carbonyl (C=O) groups is 2. The van der Waals surface area contributed by atoms with Gasteiger partial charge in [0.15, 0.2) is 0 Å². The fourth-order valence-corrected chi connectivity index (χ4v) is 2.78. The van der Waals surface area contributed by atoms with E-state index in [-0.39, 0.29) is 12.1 Å². The number of hydrogen-bond donors (Lipinski definition) is 1. The van der Waals surface area contributed by atoms with E-state index in [2.05, 4.69) is 17.5 Å². The lowest BCUT2D eigenvalue weighted by Crippen LogP contribution is -2.32. The number of hydrogen-bond acceptors (Lipinski definition) is 4. The quantitative estimate of drug-likeness (QED) is 0.188. The largest absolute Gasteiger partial charge is 0.466 e. The molecule has 28 heavy (non-hydrogen) atoms. The number of esters is 1. The van der Waals surface area contributed by atoms with E-state index in [0.29, 0.717) is 19.6 Å². The molecule has 5 nitrogen and oxygen atoms in total. The maximum atomic E-state index is 11.5. The first kappa shape index (κ1) is 26.5. The number of alkyl carbamates (subject to hydrolysis) is 1. The fraction of sp³-hybridized carbons (Fsp3) is 0.826. The van der Waals surface area contributed by atoms with Gasteiger partial charge in [0.25, 0.3) is 0 Å². The summed E-state index contributed by atoms with van der Waals surface area (Å²) in [6.45, 7) is 8.63. The van der Waals surface area contributed by atoms with E-state index in [0.717, 1.165) is 38.5 Å². The van der Waals surface area contributed by atoms with E-state index in [1.807, 2.05) is 27.7 Å². The molecule has 0 radical (unpaired) electrons. The SMILES string of the molecule is CCOC(=O)CCCCCCC=CCCCCCCCNC(=O)OC(C)(C)C. The molecule has 0 aliphatic heterocycles. The zero-order valence-corrected chi connectivity index (χ0v) is 18.7. The van der Waals surface area contributed by atoms with Crippen molar-refractivity contribution in [3.8, 4) is 0 Å². The second-order valence-electron chi connectivity index (χ2n) is 8.21. The Balaban J connectivity index is 3.28. The van der Waals surface area contributed by atoms with Crippen molar-refractivity contribution >= 4 is 12.1 Å². The lowest BCUT2D eigenvalue weighted by molar-refractivity contribution is -0.143. The summed E-state index contributed by atoms with van der Waals surface area (Å²) in [6.07, 6.45) is 17.4. The molecule has 0 bridgehead atoms. The molecular formula is C23H43NO4. The molecule has 0 unspecified atom stereocenters. The minimum Gasteiger partial charge on any atom is -0.466 e. The summed E-state index contributed by atoms with van der Waals surface area (Å²) in [5, 5.41) is 2.80. The van der Waals surface area contributed by atoms with Crippen molar-refractivity contribution in [3.63, 3.8) is 0 Å². The normalized spacial score (nSPS) is 11.6. The van der Waals surface area contributed by atoms with E-state index in [1.165, 1.54) is 32.1 Å². The number of amides is 1. The van der Waals surface area contributed by atoms with Crippen molar-refractivity contribution in [2.75, 3.05) is 13.2 Å². The Labute approximate surface area is 172 Å². The van der Waals surface area contributed by atoms with Gasteiger partial charge >= 0.3 is 12.1 Å². The van der Waals surface area contributed by atoms with Gasteiger partial charge in [0, 0.05) is 13.0 Å². The van der Waals surface area contributed by atoms with Crippen molar-refractivity contribution in [2.24, 2.45) is 0 Å². The van der Waals surface area contributed by atoms with Gasteiger partial charge in [-0.3, -0.25) is 4.79 Å². The second-order valence-corrected chi connectivity index (χ2v) is 8.21. The summed E-state index contributed by atoms with van der Waals surface area (Å²) in [5.41, 5.74) is -0.429. The third-order valence-electron chi connectivity index (χ3n) is 4.19. The molecule has 0 heterocycles. The molecule has 0 aromatic heterocycles. The van der Waals surface area contributed by atoms with Gasteiger partial charge in [0.05, 0.1) is 6.61 Å². The minimum absolute atomic E-state index is 0.0679. The topological polar surface area (TPSA) is 64.6 Å². The van der Waals surface area contributed by atoms with Gasteiger partial charge < -0.3 is 14.8 Å². The van der Waals surface area contributed by atoms with Crippen LogP contribution in [0.25, 0.3) is 0 Å². The number of allylic oxidation sites excluding steroid dienone is 2. The van der Waals surface area contributed by atoms with Gasteiger partial charge in [-0.1, -0.05) is 44.3 Å². The van der Waals surface area contributed by atoms with Gasteiger partial charge in [-0.25, -0.2) is 4.79 Å². The molecule has 1 N–H and O–H groups in total. The highest BCUT2D eigenvalue weighted by atomic mass is 16.6. The first-order valence-corrected chi connectivity index (χ1v) is 11.1. The molecule has 0 aromatic carbocycles. The van der Waals surface area contributed by atoms with Crippen LogP contribution in [0.15, 0.2) is 12.2 Å². The van der Waals surface area contributed by atoms with Crippen LogP contribution in [0.1, 0.15) is 105 Å². The van der Waals surface area contributed by atoms with Crippen LogP contribution in [-0.4, -0.2) is 30.8 Å². The highest BCUT2D eigenvalue weighted by Crippen LogP contribution is 2.09. The van der Waals surface area contributed by atoms with Gasteiger partial charge in [-0.15, -0.1) is 0 Å².